The maximum Gasteiger partial charge on any atom is 0.273 e. The number of allylic oxidation sites excluding steroid dienone is 2. The van der Waals surface area contributed by atoms with Crippen molar-refractivity contribution in [2.75, 3.05) is 6.61 Å². The Morgan fingerprint density at radius 1 is 1.18 bits per heavy atom. The monoisotopic (exact) mass is 449 g/mol. The topological polar surface area (TPSA) is 46.6 Å². The maximum atomic E-state index is 12.5. The first-order valence-electron chi connectivity index (χ1n) is 8.06. The minimum atomic E-state index is -0.566. The second-order valence-electron chi connectivity index (χ2n) is 5.57. The third-order valence-electron chi connectivity index (χ3n) is 3.62. The minimum absolute atomic E-state index is 0.167. The fraction of sp³-hybridized carbons (Fsp3) is 0.0500. The molecule has 0 saturated carbocycles. The van der Waals surface area contributed by atoms with Gasteiger partial charge in [-0.3, -0.25) is 9.59 Å². The SMILES string of the molecule is O=C(COc1ccc(Cl)cc1Cl)N1C(=O)C(=CC=Cc2ccccc2)SC1=S. The summed E-state index contributed by atoms with van der Waals surface area (Å²) >= 11 is 18.1. The lowest BCUT2D eigenvalue weighted by Gasteiger charge is -2.13. The largest absolute Gasteiger partial charge is 0.482 e. The highest BCUT2D eigenvalue weighted by Crippen LogP contribution is 2.32. The smallest absolute Gasteiger partial charge is 0.273 e. The maximum absolute atomic E-state index is 12.5. The predicted octanol–water partition coefficient (Wildman–Crippen LogP) is 5.36. The Hall–Kier alpha value is -2.12. The van der Waals surface area contributed by atoms with E-state index in [0.717, 1.165) is 22.2 Å². The van der Waals surface area contributed by atoms with Crippen LogP contribution in [0.3, 0.4) is 0 Å². The van der Waals surface area contributed by atoms with Gasteiger partial charge in [-0.1, -0.05) is 89.7 Å². The van der Waals surface area contributed by atoms with Gasteiger partial charge >= 0.3 is 0 Å². The first kappa shape index (κ1) is 20.6. The molecule has 1 aliphatic heterocycles. The van der Waals surface area contributed by atoms with E-state index in [1.165, 1.54) is 6.07 Å². The lowest BCUT2D eigenvalue weighted by atomic mass is 10.2. The average molecular weight is 450 g/mol. The fourth-order valence-electron chi connectivity index (χ4n) is 2.30. The Morgan fingerprint density at radius 3 is 2.64 bits per heavy atom. The van der Waals surface area contributed by atoms with Crippen LogP contribution in [0.5, 0.6) is 5.75 Å². The van der Waals surface area contributed by atoms with Crippen molar-refractivity contribution in [1.29, 1.82) is 0 Å². The van der Waals surface area contributed by atoms with Crippen molar-refractivity contribution in [2.45, 2.75) is 0 Å². The first-order chi connectivity index (χ1) is 13.5. The molecule has 3 rings (SSSR count). The van der Waals surface area contributed by atoms with Crippen LogP contribution < -0.4 is 4.74 Å². The van der Waals surface area contributed by atoms with Crippen LogP contribution in [0.1, 0.15) is 5.56 Å². The molecule has 0 bridgehead atoms. The van der Waals surface area contributed by atoms with Crippen molar-refractivity contribution in [2.24, 2.45) is 0 Å². The summed E-state index contributed by atoms with van der Waals surface area (Å²) in [4.78, 5) is 26.2. The quantitative estimate of drug-likeness (QED) is 0.454. The number of hydrogen-bond acceptors (Lipinski definition) is 5. The summed E-state index contributed by atoms with van der Waals surface area (Å²) in [6.45, 7) is -0.374. The zero-order chi connectivity index (χ0) is 20.1. The molecule has 0 N–H and O–H groups in total. The molecular weight excluding hydrogens is 437 g/mol. The summed E-state index contributed by atoms with van der Waals surface area (Å²) in [6.07, 6.45) is 5.24. The van der Waals surface area contributed by atoms with E-state index in [2.05, 4.69) is 0 Å². The van der Waals surface area contributed by atoms with E-state index >= 15 is 0 Å². The number of amides is 2. The van der Waals surface area contributed by atoms with E-state index < -0.39 is 11.8 Å². The normalized spacial score (nSPS) is 15.6. The van der Waals surface area contributed by atoms with Gasteiger partial charge in [-0.25, -0.2) is 4.90 Å². The van der Waals surface area contributed by atoms with Crippen LogP contribution in [-0.4, -0.2) is 27.6 Å². The molecule has 1 fully saturated rings. The van der Waals surface area contributed by atoms with Crippen LogP contribution in [0, 0.1) is 0 Å². The number of thiocarbonyl (C=S) groups is 1. The van der Waals surface area contributed by atoms with Gasteiger partial charge in [-0.15, -0.1) is 0 Å². The third kappa shape index (κ3) is 5.02. The number of carbonyl (C=O) groups excluding carboxylic acids is 2. The molecule has 1 saturated heterocycles. The lowest BCUT2D eigenvalue weighted by molar-refractivity contribution is -0.137. The van der Waals surface area contributed by atoms with E-state index in [1.807, 2.05) is 36.4 Å². The molecule has 8 heteroatoms. The van der Waals surface area contributed by atoms with E-state index in [4.69, 9.17) is 40.2 Å². The number of hydrogen-bond donors (Lipinski definition) is 0. The number of nitrogens with zero attached hydrogens (tertiary/aromatic N) is 1. The standard InChI is InChI=1S/C20H13Cl2NO3S2/c21-14-9-10-16(15(22)11-14)26-12-18(24)23-19(25)17(28-20(23)27)8-4-7-13-5-2-1-3-6-13/h1-11H,12H2. The van der Waals surface area contributed by atoms with Crippen LogP contribution in [0.25, 0.3) is 6.08 Å². The first-order valence-corrected chi connectivity index (χ1v) is 10.0. The number of halogens is 2. The number of thioether (sulfide) groups is 1. The molecule has 2 aromatic carbocycles. The van der Waals surface area contributed by atoms with Gasteiger partial charge in [0.15, 0.2) is 10.9 Å². The molecule has 1 heterocycles. The molecule has 2 aromatic rings. The van der Waals surface area contributed by atoms with Crippen molar-refractivity contribution < 1.29 is 14.3 Å². The summed E-state index contributed by atoms with van der Waals surface area (Å²) in [5.74, 6) is -0.737. The second-order valence-corrected chi connectivity index (χ2v) is 8.09. The highest BCUT2D eigenvalue weighted by molar-refractivity contribution is 8.26. The number of ether oxygens (including phenoxy) is 1. The van der Waals surface area contributed by atoms with Crippen LogP contribution in [-0.2, 0) is 9.59 Å². The number of carbonyl (C=O) groups is 2. The van der Waals surface area contributed by atoms with Gasteiger partial charge in [0.1, 0.15) is 5.75 Å². The molecule has 0 atom stereocenters. The van der Waals surface area contributed by atoms with Gasteiger partial charge in [-0.05, 0) is 29.8 Å². The zero-order valence-electron chi connectivity index (χ0n) is 14.3. The Bertz CT molecular complexity index is 990. The number of rotatable bonds is 5. The summed E-state index contributed by atoms with van der Waals surface area (Å²) in [6, 6.07) is 14.3. The average Bonchev–Trinajstić information content (AvgIpc) is 2.95. The van der Waals surface area contributed by atoms with Crippen molar-refractivity contribution >= 4 is 69.4 Å². The number of benzene rings is 2. The summed E-state index contributed by atoms with van der Waals surface area (Å²) in [5, 5.41) is 0.728. The zero-order valence-corrected chi connectivity index (χ0v) is 17.4. The molecule has 0 aliphatic carbocycles. The molecule has 0 aromatic heterocycles. The van der Waals surface area contributed by atoms with Gasteiger partial charge in [-0.2, -0.15) is 0 Å². The molecule has 0 spiro atoms. The van der Waals surface area contributed by atoms with Crippen molar-refractivity contribution in [3.05, 3.63) is 81.2 Å². The fourth-order valence-corrected chi connectivity index (χ4v) is 4.01. The molecule has 0 radical (unpaired) electrons. The highest BCUT2D eigenvalue weighted by atomic mass is 35.5. The number of imide groups is 1. The van der Waals surface area contributed by atoms with E-state index in [1.54, 1.807) is 24.3 Å². The van der Waals surface area contributed by atoms with Crippen LogP contribution in [0.4, 0.5) is 0 Å². The van der Waals surface area contributed by atoms with Crippen LogP contribution in [0.2, 0.25) is 10.0 Å². The van der Waals surface area contributed by atoms with Crippen molar-refractivity contribution in [3.63, 3.8) is 0 Å². The third-order valence-corrected chi connectivity index (χ3v) is 5.47. The van der Waals surface area contributed by atoms with Crippen molar-refractivity contribution in [3.8, 4) is 5.75 Å². The van der Waals surface area contributed by atoms with E-state index in [0.29, 0.717) is 15.7 Å². The van der Waals surface area contributed by atoms with Crippen molar-refractivity contribution in [1.82, 2.24) is 4.90 Å². The Morgan fingerprint density at radius 2 is 1.93 bits per heavy atom. The Labute approximate surface area is 181 Å². The molecule has 4 nitrogen and oxygen atoms in total. The Kier molecular flexibility index (Phi) is 6.91. The molecule has 1 aliphatic rings. The lowest BCUT2D eigenvalue weighted by Crippen LogP contribution is -2.38. The van der Waals surface area contributed by atoms with Crippen LogP contribution >= 0.6 is 47.2 Å². The highest BCUT2D eigenvalue weighted by Gasteiger charge is 2.36. The summed E-state index contributed by atoms with van der Waals surface area (Å²) < 4.78 is 5.57. The van der Waals surface area contributed by atoms with Gasteiger partial charge in [0.05, 0.1) is 9.93 Å². The molecule has 142 valence electrons. The van der Waals surface area contributed by atoms with Gasteiger partial charge in [0.2, 0.25) is 0 Å². The molecule has 0 unspecified atom stereocenters. The van der Waals surface area contributed by atoms with Gasteiger partial charge in [0.25, 0.3) is 11.8 Å². The minimum Gasteiger partial charge on any atom is -0.482 e. The van der Waals surface area contributed by atoms with Crippen LogP contribution in [0.15, 0.2) is 65.6 Å². The second kappa shape index (κ2) is 9.39. The van der Waals surface area contributed by atoms with E-state index in [9.17, 15) is 9.59 Å². The Balaban J connectivity index is 1.64. The molecular formula is C20H13Cl2NO3S2. The van der Waals surface area contributed by atoms with E-state index in [-0.39, 0.29) is 16.0 Å². The summed E-state index contributed by atoms with van der Waals surface area (Å²) in [7, 11) is 0. The van der Waals surface area contributed by atoms with Gasteiger partial charge in [0, 0.05) is 5.02 Å². The molecule has 28 heavy (non-hydrogen) atoms. The predicted molar refractivity (Wildman–Crippen MR) is 118 cm³/mol. The van der Waals surface area contributed by atoms with Gasteiger partial charge < -0.3 is 4.74 Å². The molecule has 2 amide bonds. The summed E-state index contributed by atoms with van der Waals surface area (Å²) in [5.41, 5.74) is 0.999.